The van der Waals surface area contributed by atoms with E-state index in [-0.39, 0.29) is 48.0 Å². The molecule has 90 heavy (non-hydrogen) atoms. The second kappa shape index (κ2) is 23.0. The van der Waals surface area contributed by atoms with Crippen LogP contribution in [0.2, 0.25) is 0 Å². The molecule has 0 saturated carbocycles. The average molecular weight is 1270 g/mol. The standard InChI is InChI=1S/C42H26O.C30H19Br.C12H9BO3/c1-2-11-30-26-31(25-22-27(30)10-1)28-20-23-29(24-21-28)40-33-13-3-5-15-35(33)41(36-16-6-4-14-34(36)40)38-18-9-17-37-32-12-7-8-19-39(32)43-42(37)38;31-30-27-11-5-3-9-25(27)29(26-10-4-6-12-28(26)30)22-16-13-21(14-17-22)24-18-15-20-7-1-2-8-23(20)19-24;14-13(15)10-6-3-5-9-8-4-1-2-7-11(8)16-12(9)10/h1-26H;1-19H;1-7,14-15H/i1D,2D,3D,4D,5D,6D,7D,8D,9D,10D,11D,12D,13D,14D,15D,16D,17D,18D,19D,20D,21D,22D,23D,24D,25D,26D;1D,2D,3D,4D,5D,6D,7D,8D,9D,10D,11D,12D,13D,14D,15D,16D,17D,18D,19D;1D,2D,3D,4D,5D,6D,7D. The van der Waals surface area contributed by atoms with Crippen LogP contribution in [0.5, 0.6) is 0 Å². The third-order valence-electron chi connectivity index (χ3n) is 13.8. The number of fused-ring (bicyclic) bond motifs is 12. The van der Waals surface area contributed by atoms with Crippen molar-refractivity contribution in [2.75, 3.05) is 0 Å². The molecule has 16 aromatic carbocycles. The summed E-state index contributed by atoms with van der Waals surface area (Å²) in [7, 11) is -2.15. The molecule has 4 nitrogen and oxygen atoms in total. The Morgan fingerprint density at radius 3 is 1.04 bits per heavy atom. The van der Waals surface area contributed by atoms with Crippen molar-refractivity contribution in [2.45, 2.75) is 0 Å². The van der Waals surface area contributed by atoms with Gasteiger partial charge in [-0.05, 0) is 149 Å². The Morgan fingerprint density at radius 2 is 0.589 bits per heavy atom. The van der Waals surface area contributed by atoms with Gasteiger partial charge in [0.15, 0.2) is 0 Å². The van der Waals surface area contributed by atoms with Crippen LogP contribution in [-0.2, 0) is 0 Å². The Morgan fingerprint density at radius 1 is 0.267 bits per heavy atom. The van der Waals surface area contributed by atoms with E-state index < -0.39 is 447 Å². The number of halogens is 1. The van der Waals surface area contributed by atoms with Gasteiger partial charge in [-0.3, -0.25) is 0 Å². The number of benzene rings is 16. The molecule has 0 bridgehead atoms. The first kappa shape index (κ1) is 22.6. The minimum atomic E-state index is -2.15. The van der Waals surface area contributed by atoms with E-state index in [1.807, 2.05) is 0 Å². The fourth-order valence-electron chi connectivity index (χ4n) is 9.93. The Kier molecular flexibility index (Phi) is 5.79. The molecule has 2 heterocycles. The lowest BCUT2D eigenvalue weighted by Gasteiger charge is -2.18. The molecule has 6 heteroatoms. The number of para-hydroxylation sites is 4. The van der Waals surface area contributed by atoms with Crippen molar-refractivity contribution < 1.29 is 90.2 Å². The van der Waals surface area contributed by atoms with Gasteiger partial charge in [-0.2, -0.15) is 0 Å². The first-order chi connectivity index (χ1) is 66.1. The van der Waals surface area contributed by atoms with E-state index in [4.69, 9.17) is 67.8 Å². The maximum atomic E-state index is 9.47. The van der Waals surface area contributed by atoms with E-state index in [9.17, 15) is 22.4 Å². The van der Waals surface area contributed by atoms with Crippen LogP contribution in [0.25, 0.3) is 164 Å². The SMILES string of the molecule is [2H]c1c([2H])c(-c2c3c([2H])c([2H])c([2H])c([2H])c3c(-c3c([2H])c([2H])c([2H])c4c3oc3c([2H])c([2H])c([2H])c([2H])c34)c3c([2H])c([2H])c([2H])c([2H])c23)c([2H])c([2H])c1-c1c([2H])c([2H])c2c([2H])c([2H])c([2H])c([2H])c2c1[2H].[2H]c1c([2H])c(-c2c3c([2H])c([2H])c([2H])c([2H])c3c(Br)c3c([2H])c([2H])c([2H])c([2H])c23)c([2H])c([2H])c1-c1c([2H])c([2H])c2c([2H])c([2H])c([2H])c([2H])c2c1[2H].[2H]c1c([2H])c([2H])c2c(oc3c(B(O)O)c([2H])c([2H])c([2H])c32)c1[2H]. The predicted octanol–water partition coefficient (Wildman–Crippen LogP) is 22.6. The summed E-state index contributed by atoms with van der Waals surface area (Å²) in [6, 6.07) is -41.2. The molecule has 424 valence electrons. The summed E-state index contributed by atoms with van der Waals surface area (Å²) in [6.45, 7) is 0. The number of furan rings is 2. The van der Waals surface area contributed by atoms with Crippen LogP contribution < -0.4 is 5.46 Å². The van der Waals surface area contributed by atoms with E-state index in [1.54, 1.807) is 0 Å². The monoisotopic (exact) mass is 1270 g/mol. The zero-order valence-electron chi connectivity index (χ0n) is 96.7. The van der Waals surface area contributed by atoms with Crippen LogP contribution in [0.15, 0.2) is 328 Å². The van der Waals surface area contributed by atoms with Gasteiger partial charge in [-0.25, -0.2) is 0 Å². The van der Waals surface area contributed by atoms with Gasteiger partial charge in [-0.1, -0.05) is 290 Å². The molecular weight excluding hydrogens is 1160 g/mol. The minimum absolute atomic E-state index is 0.119. The molecule has 0 aliphatic heterocycles. The molecule has 0 fully saturated rings. The zero-order chi connectivity index (χ0) is 105. The highest BCUT2D eigenvalue weighted by molar-refractivity contribution is 9.10. The summed E-state index contributed by atoms with van der Waals surface area (Å²) < 4.78 is 460. The number of hydrogen-bond acceptors (Lipinski definition) is 4. The van der Waals surface area contributed by atoms with Gasteiger partial charge >= 0.3 is 7.12 Å². The summed E-state index contributed by atoms with van der Waals surface area (Å²) in [5.74, 6) is 0. The van der Waals surface area contributed by atoms with Crippen molar-refractivity contribution in [3.8, 4) is 55.6 Å². The molecule has 0 spiro atoms. The molecule has 2 aromatic heterocycles. The molecule has 18 aromatic rings. The van der Waals surface area contributed by atoms with Gasteiger partial charge in [0.1, 0.15) is 22.3 Å². The molecule has 2 N–H and O–H groups in total. The van der Waals surface area contributed by atoms with Crippen LogP contribution in [0.4, 0.5) is 0 Å². The normalized spacial score (nSPS) is 19.6. The van der Waals surface area contributed by atoms with Gasteiger partial charge in [0, 0.05) is 42.6 Å². The summed E-state index contributed by atoms with van der Waals surface area (Å²) in [4.78, 5) is 0. The molecular formula is C84H54BBrO4. The van der Waals surface area contributed by atoms with Gasteiger partial charge in [0.2, 0.25) is 0 Å². The summed E-state index contributed by atoms with van der Waals surface area (Å²) in [6.07, 6.45) is 0. The number of hydrogen-bond donors (Lipinski definition) is 2. The third-order valence-corrected chi connectivity index (χ3v) is 14.6. The van der Waals surface area contributed by atoms with Crippen LogP contribution in [-0.4, -0.2) is 17.2 Å². The van der Waals surface area contributed by atoms with Gasteiger partial charge < -0.3 is 18.9 Å². The van der Waals surface area contributed by atoms with E-state index >= 15 is 0 Å². The molecule has 0 aliphatic rings. The lowest BCUT2D eigenvalue weighted by molar-refractivity contribution is 0.425. The van der Waals surface area contributed by atoms with Crippen LogP contribution in [0.1, 0.15) is 71.3 Å². The van der Waals surface area contributed by atoms with Crippen molar-refractivity contribution in [2.24, 2.45) is 0 Å². The van der Waals surface area contributed by atoms with E-state index in [2.05, 4.69) is 15.9 Å². The highest BCUT2D eigenvalue weighted by Gasteiger charge is 2.22. The van der Waals surface area contributed by atoms with Crippen molar-refractivity contribution in [3.63, 3.8) is 0 Å². The molecule has 0 unspecified atom stereocenters. The molecule has 0 aliphatic carbocycles. The zero-order valence-corrected chi connectivity index (χ0v) is 46.3. The summed E-state index contributed by atoms with van der Waals surface area (Å²) in [5.41, 5.74) is -8.97. The first-order valence-corrected chi connectivity index (χ1v) is 26.9. The third kappa shape index (κ3) is 9.66. The largest absolute Gasteiger partial charge is 0.492 e. The second-order valence-electron chi connectivity index (χ2n) is 18.9. The van der Waals surface area contributed by atoms with E-state index in [0.29, 0.717) is 0 Å². The second-order valence-corrected chi connectivity index (χ2v) is 19.7. The Hall–Kier alpha value is -10.9. The Bertz CT molecular complexity index is 8830. The van der Waals surface area contributed by atoms with Crippen molar-refractivity contribution in [1.82, 2.24) is 0 Å². The smallest absolute Gasteiger partial charge is 0.456 e. The maximum Gasteiger partial charge on any atom is 0.492 e. The first-order valence-electron chi connectivity index (χ1n) is 52.1. The van der Waals surface area contributed by atoms with E-state index in [0.717, 1.165) is 0 Å². The van der Waals surface area contributed by atoms with Crippen LogP contribution in [0.3, 0.4) is 0 Å². The lowest BCUT2D eigenvalue weighted by Crippen LogP contribution is -2.29. The van der Waals surface area contributed by atoms with Crippen LogP contribution >= 0.6 is 15.9 Å². The fraction of sp³-hybridized carbons (Fsp3) is 0. The maximum absolute atomic E-state index is 9.47. The molecule has 18 rings (SSSR count). The minimum Gasteiger partial charge on any atom is -0.456 e. The van der Waals surface area contributed by atoms with Gasteiger partial charge in [0.25, 0.3) is 0 Å². The molecule has 0 atom stereocenters. The molecule has 0 radical (unpaired) electrons. The Labute approximate surface area is 601 Å². The van der Waals surface area contributed by atoms with Crippen molar-refractivity contribution in [1.29, 1.82) is 0 Å². The average Bonchev–Trinajstić information content (AvgIpc) is 1.04. The van der Waals surface area contributed by atoms with Gasteiger partial charge in [-0.15, -0.1) is 0 Å². The van der Waals surface area contributed by atoms with E-state index in [1.165, 1.54) is 0 Å². The highest BCUT2D eigenvalue weighted by Crippen LogP contribution is 2.47. The lowest BCUT2D eigenvalue weighted by atomic mass is 9.79. The van der Waals surface area contributed by atoms with Crippen molar-refractivity contribution in [3.05, 3.63) is 319 Å². The Balaban J connectivity index is 0.000000172. The molecule has 0 saturated heterocycles. The van der Waals surface area contributed by atoms with Crippen LogP contribution in [0, 0.1) is 0 Å². The molecule has 0 amide bonds. The predicted molar refractivity (Wildman–Crippen MR) is 384 cm³/mol. The highest BCUT2D eigenvalue weighted by atomic mass is 79.9. The quantitative estimate of drug-likeness (QED) is 0.129. The summed E-state index contributed by atoms with van der Waals surface area (Å²) >= 11 is 3.27. The van der Waals surface area contributed by atoms with Gasteiger partial charge in [0.05, 0.1) is 71.3 Å². The topological polar surface area (TPSA) is 66.7 Å². The van der Waals surface area contributed by atoms with Crippen molar-refractivity contribution >= 4 is 137 Å². The number of rotatable bonds is 6. The summed E-state index contributed by atoms with van der Waals surface area (Å²) in [5, 5.41) is 11.7. The fourth-order valence-corrected chi connectivity index (χ4v) is 10.5.